The SMILES string of the molecule is c1ccc(-c2c(-c3ccccc3)c3cc(-c4cccc(N(c5ccc6c(ccc7ccccc76)c5)c5ccc6c7ccccc7n(-c7ccccc7)c6c5)c4)ccc3c3ccccc23)cc1. The van der Waals surface area contributed by atoms with Crippen LogP contribution in [0, 0.1) is 0 Å². The van der Waals surface area contributed by atoms with Gasteiger partial charge >= 0.3 is 0 Å². The molecule has 0 atom stereocenters. The number of para-hydroxylation sites is 2. The van der Waals surface area contributed by atoms with E-state index in [9.17, 15) is 0 Å². The van der Waals surface area contributed by atoms with E-state index in [0.717, 1.165) is 33.8 Å². The lowest BCUT2D eigenvalue weighted by molar-refractivity contribution is 1.18. The zero-order chi connectivity index (χ0) is 43.6. The Kier molecular flexibility index (Phi) is 8.89. The Hall–Kier alpha value is -8.72. The van der Waals surface area contributed by atoms with E-state index in [-0.39, 0.29) is 0 Å². The summed E-state index contributed by atoms with van der Waals surface area (Å²) in [5, 5.41) is 12.4. The van der Waals surface area contributed by atoms with Crippen LogP contribution in [0.4, 0.5) is 17.1 Å². The lowest BCUT2D eigenvalue weighted by atomic mass is 9.84. The first-order valence-corrected chi connectivity index (χ1v) is 22.8. The number of fused-ring (bicyclic) bond motifs is 9. The summed E-state index contributed by atoms with van der Waals surface area (Å²) in [5.41, 5.74) is 14.0. The molecular formula is C64H42N2. The normalized spacial score (nSPS) is 11.6. The van der Waals surface area contributed by atoms with Crippen LogP contribution in [0.1, 0.15) is 0 Å². The van der Waals surface area contributed by atoms with Gasteiger partial charge in [0.15, 0.2) is 0 Å². The molecule has 0 aliphatic rings. The lowest BCUT2D eigenvalue weighted by Crippen LogP contribution is -2.10. The molecule has 2 nitrogen and oxygen atoms in total. The van der Waals surface area contributed by atoms with Gasteiger partial charge in [0.05, 0.1) is 11.0 Å². The van der Waals surface area contributed by atoms with Crippen LogP contribution in [0.25, 0.3) is 104 Å². The van der Waals surface area contributed by atoms with E-state index >= 15 is 0 Å². The molecule has 0 spiro atoms. The van der Waals surface area contributed by atoms with E-state index in [1.54, 1.807) is 0 Å². The number of nitrogens with zero attached hydrogens (tertiary/aromatic N) is 2. The molecular weight excluding hydrogens is 797 g/mol. The predicted molar refractivity (Wildman–Crippen MR) is 282 cm³/mol. The molecule has 0 aliphatic carbocycles. The first-order valence-electron chi connectivity index (χ1n) is 22.8. The van der Waals surface area contributed by atoms with Gasteiger partial charge in [-0.1, -0.05) is 194 Å². The second kappa shape index (κ2) is 15.5. The van der Waals surface area contributed by atoms with Crippen LogP contribution >= 0.6 is 0 Å². The number of rotatable bonds is 7. The van der Waals surface area contributed by atoms with Gasteiger partial charge < -0.3 is 9.47 Å². The minimum atomic E-state index is 1.08. The van der Waals surface area contributed by atoms with E-state index in [4.69, 9.17) is 0 Å². The van der Waals surface area contributed by atoms with E-state index in [0.29, 0.717) is 0 Å². The van der Waals surface area contributed by atoms with E-state index in [1.807, 2.05) is 0 Å². The second-order valence-electron chi connectivity index (χ2n) is 17.3. The molecule has 0 bridgehead atoms. The molecule has 0 amide bonds. The van der Waals surface area contributed by atoms with Crippen LogP contribution < -0.4 is 4.90 Å². The summed E-state index contributed by atoms with van der Waals surface area (Å²) in [6, 6.07) is 93.4. The van der Waals surface area contributed by atoms with Crippen molar-refractivity contribution in [2.45, 2.75) is 0 Å². The number of hydrogen-bond donors (Lipinski definition) is 0. The van der Waals surface area contributed by atoms with Crippen LogP contribution in [-0.4, -0.2) is 4.57 Å². The highest BCUT2D eigenvalue weighted by Crippen LogP contribution is 2.47. The summed E-state index contributed by atoms with van der Waals surface area (Å²) in [4.78, 5) is 2.43. The third-order valence-electron chi connectivity index (χ3n) is 13.5. The largest absolute Gasteiger partial charge is 0.310 e. The Morgan fingerprint density at radius 2 is 0.742 bits per heavy atom. The van der Waals surface area contributed by atoms with Crippen molar-refractivity contribution < 1.29 is 0 Å². The van der Waals surface area contributed by atoms with Crippen molar-refractivity contribution in [3.63, 3.8) is 0 Å². The third kappa shape index (κ3) is 6.18. The molecule has 0 N–H and O–H groups in total. The maximum absolute atomic E-state index is 2.43. The molecule has 2 heteroatoms. The number of benzene rings is 12. The fourth-order valence-corrected chi connectivity index (χ4v) is 10.5. The highest BCUT2D eigenvalue weighted by Gasteiger charge is 2.21. The van der Waals surface area contributed by atoms with Crippen LogP contribution in [0.15, 0.2) is 255 Å². The Morgan fingerprint density at radius 3 is 1.52 bits per heavy atom. The lowest BCUT2D eigenvalue weighted by Gasteiger charge is -2.27. The van der Waals surface area contributed by atoms with Crippen LogP contribution in [0.2, 0.25) is 0 Å². The Morgan fingerprint density at radius 1 is 0.242 bits per heavy atom. The summed E-state index contributed by atoms with van der Waals surface area (Å²) in [6.45, 7) is 0. The van der Waals surface area contributed by atoms with E-state index in [2.05, 4.69) is 264 Å². The predicted octanol–water partition coefficient (Wildman–Crippen LogP) is 17.9. The monoisotopic (exact) mass is 838 g/mol. The highest BCUT2D eigenvalue weighted by atomic mass is 15.1. The smallest absolute Gasteiger partial charge is 0.0561 e. The zero-order valence-electron chi connectivity index (χ0n) is 36.1. The number of anilines is 3. The van der Waals surface area contributed by atoms with Gasteiger partial charge in [0.2, 0.25) is 0 Å². The minimum absolute atomic E-state index is 1.08. The molecule has 0 saturated heterocycles. The fourth-order valence-electron chi connectivity index (χ4n) is 10.5. The summed E-state index contributed by atoms with van der Waals surface area (Å²) in [5.74, 6) is 0. The van der Waals surface area contributed by atoms with Crippen molar-refractivity contribution in [2.75, 3.05) is 4.90 Å². The van der Waals surface area contributed by atoms with Gasteiger partial charge in [-0.2, -0.15) is 0 Å². The molecule has 13 rings (SSSR count). The van der Waals surface area contributed by atoms with Gasteiger partial charge in [-0.3, -0.25) is 0 Å². The first kappa shape index (κ1) is 37.8. The van der Waals surface area contributed by atoms with E-state index in [1.165, 1.54) is 87.2 Å². The molecule has 0 unspecified atom stereocenters. The van der Waals surface area contributed by atoms with Gasteiger partial charge in [0.25, 0.3) is 0 Å². The molecule has 66 heavy (non-hydrogen) atoms. The van der Waals surface area contributed by atoms with Crippen LogP contribution in [0.5, 0.6) is 0 Å². The van der Waals surface area contributed by atoms with Crippen molar-refractivity contribution >= 4 is 82.0 Å². The molecule has 0 saturated carbocycles. The average Bonchev–Trinajstić information content (AvgIpc) is 3.72. The Balaban J connectivity index is 1.04. The standard InChI is InChI=1S/C64H42N2/c1-4-18-44(19-5-1)63-59-29-13-12-27-55(59)56-36-33-47(41-60(56)64(63)45-20-6-2-7-21-45)46-22-16-25-50(39-46)65(51-34-37-54-48(40-51)32-31-43-17-10-11-26-53(43)54)52-35-38-58-57-28-14-15-30-61(57)66(62(58)42-52)49-23-8-3-9-24-49/h1-42H. The second-order valence-corrected chi connectivity index (χ2v) is 17.3. The van der Waals surface area contributed by atoms with E-state index < -0.39 is 0 Å². The fraction of sp³-hybridized carbons (Fsp3) is 0. The topological polar surface area (TPSA) is 8.17 Å². The van der Waals surface area contributed by atoms with Crippen molar-refractivity contribution in [3.05, 3.63) is 255 Å². The molecule has 12 aromatic carbocycles. The number of hydrogen-bond acceptors (Lipinski definition) is 1. The third-order valence-corrected chi connectivity index (χ3v) is 13.5. The molecule has 0 radical (unpaired) electrons. The van der Waals surface area contributed by atoms with Crippen LogP contribution in [0.3, 0.4) is 0 Å². The van der Waals surface area contributed by atoms with Gasteiger partial charge in [-0.25, -0.2) is 0 Å². The minimum Gasteiger partial charge on any atom is -0.310 e. The van der Waals surface area contributed by atoms with Gasteiger partial charge in [-0.15, -0.1) is 0 Å². The van der Waals surface area contributed by atoms with Crippen molar-refractivity contribution in [1.29, 1.82) is 0 Å². The average molecular weight is 839 g/mol. The zero-order valence-corrected chi connectivity index (χ0v) is 36.1. The molecule has 1 heterocycles. The molecule has 308 valence electrons. The summed E-state index contributed by atoms with van der Waals surface area (Å²) >= 11 is 0. The van der Waals surface area contributed by atoms with Crippen molar-refractivity contribution in [3.8, 4) is 39.1 Å². The van der Waals surface area contributed by atoms with Crippen molar-refractivity contribution in [2.24, 2.45) is 0 Å². The summed E-state index contributed by atoms with van der Waals surface area (Å²) < 4.78 is 2.40. The Labute approximate surface area is 383 Å². The van der Waals surface area contributed by atoms with Crippen molar-refractivity contribution in [1.82, 2.24) is 4.57 Å². The summed E-state index contributed by atoms with van der Waals surface area (Å²) in [6.07, 6.45) is 0. The molecule has 0 aliphatic heterocycles. The highest BCUT2D eigenvalue weighted by molar-refractivity contribution is 6.22. The summed E-state index contributed by atoms with van der Waals surface area (Å²) in [7, 11) is 0. The van der Waals surface area contributed by atoms with Gasteiger partial charge in [0.1, 0.15) is 0 Å². The first-order chi connectivity index (χ1) is 32.7. The maximum atomic E-state index is 2.43. The molecule has 0 fully saturated rings. The quantitative estimate of drug-likeness (QED) is 0.145. The maximum Gasteiger partial charge on any atom is 0.0561 e. The molecule has 13 aromatic rings. The Bertz CT molecular complexity index is 3980. The van der Waals surface area contributed by atoms with Gasteiger partial charge in [-0.05, 0) is 137 Å². The van der Waals surface area contributed by atoms with Gasteiger partial charge in [0, 0.05) is 33.5 Å². The number of aromatic nitrogens is 1. The molecule has 1 aromatic heterocycles. The van der Waals surface area contributed by atoms with Crippen LogP contribution in [-0.2, 0) is 0 Å².